The van der Waals surface area contributed by atoms with Gasteiger partial charge < -0.3 is 9.73 Å². The van der Waals surface area contributed by atoms with Gasteiger partial charge in [0.2, 0.25) is 15.7 Å². The molecular weight excluding hydrogens is 344 g/mol. The number of aromatic nitrogens is 3. The van der Waals surface area contributed by atoms with E-state index in [0.717, 1.165) is 0 Å². The molecule has 0 radical (unpaired) electrons. The number of hydrogen-bond donors (Lipinski definition) is 1. The molecule has 0 aliphatic rings. The summed E-state index contributed by atoms with van der Waals surface area (Å²) in [6.45, 7) is -0.0940. The normalized spacial score (nSPS) is 11.2. The Hall–Kier alpha value is -3.07. The van der Waals surface area contributed by atoms with E-state index in [1.807, 2.05) is 0 Å². The standard InChI is InChI=1S/C16H14N4O4S/c21-15(13-8-4-5-9-17-13)18-10-14-19-20-16(24-14)25(22,23)11-12-6-2-1-3-7-12/h1-9H,10-11H2,(H,18,21). The number of sulfone groups is 1. The van der Waals surface area contributed by atoms with E-state index in [2.05, 4.69) is 20.5 Å². The van der Waals surface area contributed by atoms with Crippen LogP contribution in [-0.4, -0.2) is 29.5 Å². The third kappa shape index (κ3) is 4.27. The lowest BCUT2D eigenvalue weighted by molar-refractivity contribution is 0.0941. The van der Waals surface area contributed by atoms with Crippen LogP contribution in [0.5, 0.6) is 0 Å². The monoisotopic (exact) mass is 358 g/mol. The van der Waals surface area contributed by atoms with Gasteiger partial charge in [0.25, 0.3) is 5.91 Å². The zero-order chi connectivity index (χ0) is 17.7. The molecule has 128 valence electrons. The molecule has 0 unspecified atom stereocenters. The first-order valence-electron chi connectivity index (χ1n) is 7.33. The van der Waals surface area contributed by atoms with Gasteiger partial charge in [0.1, 0.15) is 5.69 Å². The molecule has 2 aromatic heterocycles. The Kier molecular flexibility index (Phi) is 4.85. The fourth-order valence-electron chi connectivity index (χ4n) is 2.03. The first kappa shape index (κ1) is 16.8. The van der Waals surface area contributed by atoms with E-state index in [4.69, 9.17) is 4.42 Å². The number of amides is 1. The second kappa shape index (κ2) is 7.22. The Bertz CT molecular complexity index is 956. The minimum absolute atomic E-state index is 0.00378. The van der Waals surface area contributed by atoms with Crippen molar-refractivity contribution in [3.05, 3.63) is 71.9 Å². The molecular formula is C16H14N4O4S. The van der Waals surface area contributed by atoms with Crippen molar-refractivity contribution in [3.63, 3.8) is 0 Å². The predicted octanol–water partition coefficient (Wildman–Crippen LogP) is 1.37. The SMILES string of the molecule is O=C(NCc1nnc(S(=O)(=O)Cc2ccccc2)o1)c1ccccn1. The molecule has 2 heterocycles. The lowest BCUT2D eigenvalue weighted by Gasteiger charge is -2.01. The van der Waals surface area contributed by atoms with Gasteiger partial charge >= 0.3 is 5.22 Å². The molecule has 1 amide bonds. The number of benzene rings is 1. The molecule has 1 aromatic carbocycles. The third-order valence-corrected chi connectivity index (χ3v) is 4.62. The van der Waals surface area contributed by atoms with Crippen molar-refractivity contribution < 1.29 is 17.6 Å². The van der Waals surface area contributed by atoms with Gasteiger partial charge in [0, 0.05) is 6.20 Å². The average Bonchev–Trinajstić information content (AvgIpc) is 3.11. The van der Waals surface area contributed by atoms with Gasteiger partial charge in [-0.05, 0) is 17.7 Å². The maximum atomic E-state index is 12.3. The Morgan fingerprint density at radius 2 is 1.80 bits per heavy atom. The first-order valence-corrected chi connectivity index (χ1v) is 8.98. The summed E-state index contributed by atoms with van der Waals surface area (Å²) in [5, 5.41) is 9.29. The quantitative estimate of drug-likeness (QED) is 0.707. The highest BCUT2D eigenvalue weighted by Gasteiger charge is 2.23. The van der Waals surface area contributed by atoms with Gasteiger partial charge in [-0.2, -0.15) is 0 Å². The Morgan fingerprint density at radius 1 is 1.04 bits per heavy atom. The molecule has 0 fully saturated rings. The summed E-state index contributed by atoms with van der Waals surface area (Å²) in [7, 11) is -3.75. The Morgan fingerprint density at radius 3 is 2.52 bits per heavy atom. The van der Waals surface area contributed by atoms with Crippen molar-refractivity contribution in [2.75, 3.05) is 0 Å². The molecule has 0 spiro atoms. The molecule has 0 aliphatic heterocycles. The van der Waals surface area contributed by atoms with Gasteiger partial charge in [-0.3, -0.25) is 9.78 Å². The van der Waals surface area contributed by atoms with Gasteiger partial charge in [0.15, 0.2) is 0 Å². The fourth-order valence-corrected chi connectivity index (χ4v) is 3.18. The molecule has 0 bridgehead atoms. The highest BCUT2D eigenvalue weighted by Crippen LogP contribution is 2.15. The lowest BCUT2D eigenvalue weighted by Crippen LogP contribution is -2.23. The Balaban J connectivity index is 1.65. The lowest BCUT2D eigenvalue weighted by atomic mass is 10.2. The van der Waals surface area contributed by atoms with Gasteiger partial charge in [0.05, 0.1) is 12.3 Å². The zero-order valence-corrected chi connectivity index (χ0v) is 13.8. The third-order valence-electron chi connectivity index (χ3n) is 3.21. The van der Waals surface area contributed by atoms with Crippen molar-refractivity contribution >= 4 is 15.7 Å². The molecule has 3 rings (SSSR count). The minimum Gasteiger partial charge on any atom is -0.411 e. The van der Waals surface area contributed by atoms with E-state index in [1.54, 1.807) is 48.5 Å². The number of rotatable bonds is 6. The number of pyridine rings is 1. The maximum Gasteiger partial charge on any atom is 0.335 e. The second-order valence-corrected chi connectivity index (χ2v) is 6.97. The number of carbonyl (C=O) groups excluding carboxylic acids is 1. The van der Waals surface area contributed by atoms with Crippen LogP contribution in [-0.2, 0) is 22.1 Å². The molecule has 0 atom stereocenters. The Labute approximate surface area is 143 Å². The topological polar surface area (TPSA) is 115 Å². The summed E-state index contributed by atoms with van der Waals surface area (Å²) in [5.41, 5.74) is 0.852. The van der Waals surface area contributed by atoms with E-state index >= 15 is 0 Å². The first-order chi connectivity index (χ1) is 12.0. The summed E-state index contributed by atoms with van der Waals surface area (Å²) in [4.78, 5) is 15.8. The molecule has 1 N–H and O–H groups in total. The molecule has 25 heavy (non-hydrogen) atoms. The molecule has 9 heteroatoms. The van der Waals surface area contributed by atoms with Crippen LogP contribution in [0.3, 0.4) is 0 Å². The number of nitrogens with one attached hydrogen (secondary N) is 1. The highest BCUT2D eigenvalue weighted by molar-refractivity contribution is 7.90. The van der Waals surface area contributed by atoms with Crippen molar-refractivity contribution in [1.82, 2.24) is 20.5 Å². The van der Waals surface area contributed by atoms with Crippen LogP contribution in [0.4, 0.5) is 0 Å². The van der Waals surface area contributed by atoms with Gasteiger partial charge in [-0.15, -0.1) is 5.10 Å². The van der Waals surface area contributed by atoms with Crippen LogP contribution in [0.25, 0.3) is 0 Å². The number of nitrogens with zero attached hydrogens (tertiary/aromatic N) is 3. The van der Waals surface area contributed by atoms with Crippen LogP contribution < -0.4 is 5.32 Å². The molecule has 0 aliphatic carbocycles. The largest absolute Gasteiger partial charge is 0.411 e. The number of carbonyl (C=O) groups is 1. The van der Waals surface area contributed by atoms with Crippen LogP contribution in [0.2, 0.25) is 0 Å². The fraction of sp³-hybridized carbons (Fsp3) is 0.125. The maximum absolute atomic E-state index is 12.3. The van der Waals surface area contributed by atoms with E-state index in [9.17, 15) is 13.2 Å². The van der Waals surface area contributed by atoms with Crippen LogP contribution in [0, 0.1) is 0 Å². The van der Waals surface area contributed by atoms with Crippen molar-refractivity contribution in [1.29, 1.82) is 0 Å². The minimum atomic E-state index is -3.75. The summed E-state index contributed by atoms with van der Waals surface area (Å²) in [6.07, 6.45) is 1.50. The molecule has 3 aromatic rings. The molecule has 0 saturated carbocycles. The van der Waals surface area contributed by atoms with Crippen molar-refractivity contribution in [2.45, 2.75) is 17.5 Å². The van der Waals surface area contributed by atoms with Gasteiger partial charge in [-0.1, -0.05) is 41.5 Å². The van der Waals surface area contributed by atoms with Crippen molar-refractivity contribution in [3.8, 4) is 0 Å². The van der Waals surface area contributed by atoms with Gasteiger partial charge in [-0.25, -0.2) is 8.42 Å². The highest BCUT2D eigenvalue weighted by atomic mass is 32.2. The number of hydrogen-bond acceptors (Lipinski definition) is 7. The predicted molar refractivity (Wildman–Crippen MR) is 87.0 cm³/mol. The summed E-state index contributed by atoms with van der Waals surface area (Å²) < 4.78 is 29.7. The zero-order valence-electron chi connectivity index (χ0n) is 13.0. The van der Waals surface area contributed by atoms with E-state index < -0.39 is 21.0 Å². The average molecular weight is 358 g/mol. The molecule has 0 saturated heterocycles. The smallest absolute Gasteiger partial charge is 0.335 e. The van der Waals surface area contributed by atoms with Crippen LogP contribution in [0.1, 0.15) is 21.9 Å². The molecule has 8 nitrogen and oxygen atoms in total. The summed E-state index contributed by atoms with van der Waals surface area (Å²) in [5.74, 6) is -0.668. The van der Waals surface area contributed by atoms with E-state index in [0.29, 0.717) is 5.56 Å². The van der Waals surface area contributed by atoms with E-state index in [-0.39, 0.29) is 23.9 Å². The summed E-state index contributed by atoms with van der Waals surface area (Å²) >= 11 is 0. The second-order valence-electron chi connectivity index (χ2n) is 5.10. The summed E-state index contributed by atoms with van der Waals surface area (Å²) in [6, 6.07) is 13.6. The van der Waals surface area contributed by atoms with Crippen LogP contribution in [0.15, 0.2) is 64.4 Å². The van der Waals surface area contributed by atoms with Crippen molar-refractivity contribution in [2.24, 2.45) is 0 Å². The van der Waals surface area contributed by atoms with Crippen LogP contribution >= 0.6 is 0 Å². The van der Waals surface area contributed by atoms with E-state index in [1.165, 1.54) is 6.20 Å².